The number of para-hydroxylation sites is 1. The van der Waals surface area contributed by atoms with Gasteiger partial charge in [-0.15, -0.1) is 0 Å². The number of carbonyl (C=O) groups excluding carboxylic acids is 1. The quantitative estimate of drug-likeness (QED) is 0.201. The average Bonchev–Trinajstić information content (AvgIpc) is 2.93. The van der Waals surface area contributed by atoms with E-state index in [9.17, 15) is 19.5 Å². The van der Waals surface area contributed by atoms with E-state index in [2.05, 4.69) is 5.32 Å². The molecule has 0 radical (unpaired) electrons. The van der Waals surface area contributed by atoms with Crippen molar-refractivity contribution in [3.8, 4) is 11.5 Å². The first-order valence-corrected chi connectivity index (χ1v) is 12.8. The molecule has 1 amide bonds. The fourth-order valence-corrected chi connectivity index (χ4v) is 3.67. The number of carboxylic acid groups (broad SMARTS) is 2. The largest absolute Gasteiger partial charge is 0.494 e. The highest BCUT2D eigenvalue weighted by molar-refractivity contribution is 5.93. The fourth-order valence-electron chi connectivity index (χ4n) is 3.67. The van der Waals surface area contributed by atoms with Crippen molar-refractivity contribution in [2.75, 3.05) is 25.1 Å². The van der Waals surface area contributed by atoms with Crippen molar-refractivity contribution >= 4 is 23.5 Å². The number of hydrogen-bond donors (Lipinski definition) is 3. The second-order valence-electron chi connectivity index (χ2n) is 8.79. The van der Waals surface area contributed by atoms with Crippen LogP contribution >= 0.6 is 0 Å². The van der Waals surface area contributed by atoms with Gasteiger partial charge in [0.2, 0.25) is 5.91 Å². The Morgan fingerprint density at radius 2 is 1.46 bits per heavy atom. The van der Waals surface area contributed by atoms with Gasteiger partial charge in [0, 0.05) is 17.7 Å². The third-order valence-electron chi connectivity index (χ3n) is 5.70. The van der Waals surface area contributed by atoms with Crippen LogP contribution in [0.2, 0.25) is 0 Å². The Kier molecular flexibility index (Phi) is 11.8. The maximum atomic E-state index is 12.6. The summed E-state index contributed by atoms with van der Waals surface area (Å²) in [5, 5.41) is 20.8. The lowest BCUT2D eigenvalue weighted by Crippen LogP contribution is -2.15. The summed E-state index contributed by atoms with van der Waals surface area (Å²) in [4.78, 5) is 34.7. The zero-order valence-electron chi connectivity index (χ0n) is 21.6. The maximum Gasteiger partial charge on any atom is 0.335 e. The molecule has 3 aromatic carbocycles. The molecule has 0 aliphatic heterocycles. The number of aliphatic carboxylic acids is 1. The van der Waals surface area contributed by atoms with Crippen LogP contribution in [0.1, 0.15) is 47.2 Å². The maximum absolute atomic E-state index is 12.6. The van der Waals surface area contributed by atoms with Crippen LogP contribution in [0, 0.1) is 0 Å². The fraction of sp³-hybridized carbons (Fsp3) is 0.300. The number of amides is 1. The van der Waals surface area contributed by atoms with Gasteiger partial charge in [-0.25, -0.2) is 4.79 Å². The smallest absolute Gasteiger partial charge is 0.335 e. The third kappa shape index (κ3) is 10.9. The molecular formula is C30H33NO8. The number of hydrogen-bond acceptors (Lipinski definition) is 6. The van der Waals surface area contributed by atoms with Gasteiger partial charge < -0.3 is 29.7 Å². The van der Waals surface area contributed by atoms with Crippen molar-refractivity contribution in [3.05, 3.63) is 89.5 Å². The van der Waals surface area contributed by atoms with Crippen LogP contribution in [-0.2, 0) is 27.4 Å². The number of anilines is 1. The number of unbranched alkanes of at least 4 members (excludes halogenated alkanes) is 1. The molecule has 0 saturated heterocycles. The highest BCUT2D eigenvalue weighted by Gasteiger charge is 2.12. The number of benzene rings is 3. The topological polar surface area (TPSA) is 131 Å². The molecule has 0 aromatic heterocycles. The second-order valence-corrected chi connectivity index (χ2v) is 8.79. The van der Waals surface area contributed by atoms with E-state index < -0.39 is 11.9 Å². The van der Waals surface area contributed by atoms with Crippen LogP contribution in [0.5, 0.6) is 11.5 Å². The molecule has 3 N–H and O–H groups in total. The van der Waals surface area contributed by atoms with Gasteiger partial charge in [0.05, 0.1) is 38.4 Å². The van der Waals surface area contributed by atoms with Gasteiger partial charge in [-0.05, 0) is 67.3 Å². The summed E-state index contributed by atoms with van der Waals surface area (Å²) in [6.07, 6.45) is 2.24. The number of carboxylic acids is 2. The normalized spacial score (nSPS) is 10.6. The number of aryl methyl sites for hydroxylation is 1. The van der Waals surface area contributed by atoms with Crippen LogP contribution in [0.25, 0.3) is 0 Å². The van der Waals surface area contributed by atoms with Crippen LogP contribution in [0.4, 0.5) is 5.69 Å². The molecule has 0 aliphatic carbocycles. The van der Waals surface area contributed by atoms with E-state index in [4.69, 9.17) is 19.3 Å². The van der Waals surface area contributed by atoms with Gasteiger partial charge in [-0.1, -0.05) is 30.3 Å². The Hall–Kier alpha value is -4.37. The van der Waals surface area contributed by atoms with E-state index in [1.54, 1.807) is 0 Å². The Labute approximate surface area is 227 Å². The molecule has 0 spiro atoms. The Bertz CT molecular complexity index is 1230. The molecule has 3 aromatic rings. The number of nitrogens with one attached hydrogen (secondary N) is 1. The van der Waals surface area contributed by atoms with Gasteiger partial charge in [-0.3, -0.25) is 9.59 Å². The van der Waals surface area contributed by atoms with Crippen LogP contribution in [0.15, 0.2) is 72.8 Å². The molecule has 0 atom stereocenters. The summed E-state index contributed by atoms with van der Waals surface area (Å²) in [5.41, 5.74) is 1.88. The molecule has 0 heterocycles. The van der Waals surface area contributed by atoms with Gasteiger partial charge >= 0.3 is 11.9 Å². The average molecular weight is 536 g/mol. The standard InChI is InChI=1S/C30H33NO8/c32-28(31-27-13-12-23(30(35)36)20-24(27)21-37-18-15-29(33)34)14-11-22-7-6-10-26(19-22)39-17-5-4-16-38-25-8-2-1-3-9-25/h1-3,6-10,12-13,19-20H,4-5,11,14-18,21H2,(H,31,32)(H,33,34)(H,35,36). The Balaban J connectivity index is 1.44. The van der Waals surface area contributed by atoms with E-state index in [0.29, 0.717) is 30.9 Å². The number of aromatic carboxylic acids is 1. The molecule has 9 heteroatoms. The zero-order chi connectivity index (χ0) is 27.9. The molecule has 206 valence electrons. The predicted molar refractivity (Wildman–Crippen MR) is 145 cm³/mol. The summed E-state index contributed by atoms with van der Waals surface area (Å²) in [6.45, 7) is 1.13. The van der Waals surface area contributed by atoms with Crippen molar-refractivity contribution in [2.45, 2.75) is 38.7 Å². The zero-order valence-corrected chi connectivity index (χ0v) is 21.6. The van der Waals surface area contributed by atoms with Crippen molar-refractivity contribution in [1.29, 1.82) is 0 Å². The monoisotopic (exact) mass is 535 g/mol. The first kappa shape index (κ1) is 29.2. The predicted octanol–water partition coefficient (Wildman–Crippen LogP) is 5.19. The third-order valence-corrected chi connectivity index (χ3v) is 5.70. The van der Waals surface area contributed by atoms with Gasteiger partial charge in [0.1, 0.15) is 11.5 Å². The molecule has 3 rings (SSSR count). The minimum Gasteiger partial charge on any atom is -0.494 e. The second kappa shape index (κ2) is 15.8. The van der Waals surface area contributed by atoms with E-state index in [1.165, 1.54) is 18.2 Å². The summed E-state index contributed by atoms with van der Waals surface area (Å²) < 4.78 is 16.9. The lowest BCUT2D eigenvalue weighted by molar-refractivity contribution is -0.138. The van der Waals surface area contributed by atoms with Crippen molar-refractivity contribution in [1.82, 2.24) is 0 Å². The summed E-state index contributed by atoms with van der Waals surface area (Å²) in [6, 6.07) is 21.6. The number of carbonyl (C=O) groups is 3. The van der Waals surface area contributed by atoms with E-state index >= 15 is 0 Å². The lowest BCUT2D eigenvalue weighted by Gasteiger charge is -2.13. The Morgan fingerprint density at radius 1 is 0.744 bits per heavy atom. The van der Waals surface area contributed by atoms with Gasteiger partial charge in [0.15, 0.2) is 0 Å². The van der Waals surface area contributed by atoms with Crippen LogP contribution in [0.3, 0.4) is 0 Å². The van der Waals surface area contributed by atoms with Crippen molar-refractivity contribution in [2.24, 2.45) is 0 Å². The molecule has 0 saturated carbocycles. The highest BCUT2D eigenvalue weighted by Crippen LogP contribution is 2.21. The first-order chi connectivity index (χ1) is 18.9. The van der Waals surface area contributed by atoms with Crippen LogP contribution in [-0.4, -0.2) is 47.9 Å². The Morgan fingerprint density at radius 3 is 2.18 bits per heavy atom. The lowest BCUT2D eigenvalue weighted by atomic mass is 10.1. The molecule has 0 aliphatic rings. The minimum atomic E-state index is -1.11. The summed E-state index contributed by atoms with van der Waals surface area (Å²) >= 11 is 0. The number of rotatable bonds is 17. The highest BCUT2D eigenvalue weighted by atomic mass is 16.5. The van der Waals surface area contributed by atoms with Crippen molar-refractivity contribution in [3.63, 3.8) is 0 Å². The minimum absolute atomic E-state index is 0.0260. The van der Waals surface area contributed by atoms with Crippen LogP contribution < -0.4 is 14.8 Å². The number of ether oxygens (including phenoxy) is 3. The van der Waals surface area contributed by atoms with Gasteiger partial charge in [-0.2, -0.15) is 0 Å². The van der Waals surface area contributed by atoms with Crippen molar-refractivity contribution < 1.29 is 38.8 Å². The SMILES string of the molecule is O=C(O)CCOCc1cc(C(=O)O)ccc1NC(=O)CCc1cccc(OCCCCOc2ccccc2)c1. The molecule has 0 fully saturated rings. The molecule has 0 bridgehead atoms. The molecule has 0 unspecified atom stereocenters. The first-order valence-electron chi connectivity index (χ1n) is 12.8. The van der Waals surface area contributed by atoms with Gasteiger partial charge in [0.25, 0.3) is 0 Å². The molecular weight excluding hydrogens is 502 g/mol. The summed E-state index contributed by atoms with van der Waals surface area (Å²) in [5.74, 6) is -0.753. The molecule has 39 heavy (non-hydrogen) atoms. The van der Waals surface area contributed by atoms with E-state index in [0.717, 1.165) is 29.9 Å². The summed E-state index contributed by atoms with van der Waals surface area (Å²) in [7, 11) is 0. The molecule has 9 nitrogen and oxygen atoms in total. The van der Waals surface area contributed by atoms with E-state index in [1.807, 2.05) is 54.6 Å². The van der Waals surface area contributed by atoms with E-state index in [-0.39, 0.29) is 37.5 Å².